The maximum absolute atomic E-state index is 10.4. The van der Waals surface area contributed by atoms with Gasteiger partial charge in [-0.3, -0.25) is 4.90 Å². The van der Waals surface area contributed by atoms with Crippen molar-refractivity contribution in [3.05, 3.63) is 0 Å². The van der Waals surface area contributed by atoms with Crippen LogP contribution in [0.3, 0.4) is 0 Å². The second kappa shape index (κ2) is 3.12. The summed E-state index contributed by atoms with van der Waals surface area (Å²) < 4.78 is 0. The van der Waals surface area contributed by atoms with Crippen LogP contribution in [0.15, 0.2) is 0 Å². The Balaban J connectivity index is 2.50. The fourth-order valence-electron chi connectivity index (χ4n) is 0.889. The second-order valence-electron chi connectivity index (χ2n) is 2.14. The molecule has 0 aromatic heterocycles. The van der Waals surface area contributed by atoms with E-state index in [0.29, 0.717) is 12.4 Å². The Hall–Kier alpha value is -0.420. The van der Waals surface area contributed by atoms with E-state index in [4.69, 9.17) is 10.8 Å². The van der Waals surface area contributed by atoms with E-state index in [1.54, 1.807) is 11.8 Å². The molecule has 1 atom stereocenters. The average molecular weight is 162 g/mol. The highest BCUT2D eigenvalue weighted by atomic mass is 32.2. The van der Waals surface area contributed by atoms with Gasteiger partial charge in [0, 0.05) is 12.3 Å². The summed E-state index contributed by atoms with van der Waals surface area (Å²) in [6.45, 7) is 0.430. The van der Waals surface area contributed by atoms with Gasteiger partial charge in [-0.15, -0.1) is 11.8 Å². The van der Waals surface area contributed by atoms with E-state index < -0.39 is 6.09 Å². The van der Waals surface area contributed by atoms with Crippen molar-refractivity contribution in [2.75, 3.05) is 18.2 Å². The number of hydrogen-bond acceptors (Lipinski definition) is 3. The molecule has 1 fully saturated rings. The molecule has 4 nitrogen and oxygen atoms in total. The van der Waals surface area contributed by atoms with E-state index in [2.05, 4.69) is 0 Å². The van der Waals surface area contributed by atoms with Crippen LogP contribution in [0.1, 0.15) is 0 Å². The van der Waals surface area contributed by atoms with Crippen LogP contribution in [0.5, 0.6) is 0 Å². The Bertz CT molecular complexity index is 142. The molecule has 1 amide bonds. The van der Waals surface area contributed by atoms with Gasteiger partial charge in [0.05, 0.1) is 11.9 Å². The molecule has 0 aromatic carbocycles. The van der Waals surface area contributed by atoms with E-state index in [1.807, 2.05) is 0 Å². The lowest BCUT2D eigenvalue weighted by molar-refractivity contribution is 0.144. The van der Waals surface area contributed by atoms with Crippen LogP contribution in [0.2, 0.25) is 0 Å². The fourth-order valence-corrected chi connectivity index (χ4v) is 2.10. The lowest BCUT2D eigenvalue weighted by Crippen LogP contribution is -2.40. The predicted octanol–water partition coefficient (Wildman–Crippen LogP) is -0.00200. The summed E-state index contributed by atoms with van der Waals surface area (Å²) in [7, 11) is 0. The first-order valence-electron chi connectivity index (χ1n) is 3.03. The molecular weight excluding hydrogens is 152 g/mol. The molecule has 0 unspecified atom stereocenters. The molecule has 1 aliphatic heterocycles. The van der Waals surface area contributed by atoms with Crippen molar-refractivity contribution in [2.24, 2.45) is 5.73 Å². The molecule has 1 saturated heterocycles. The predicted molar refractivity (Wildman–Crippen MR) is 40.0 cm³/mol. The Morgan fingerprint density at radius 1 is 1.90 bits per heavy atom. The molecule has 58 valence electrons. The van der Waals surface area contributed by atoms with Crippen molar-refractivity contribution < 1.29 is 9.90 Å². The summed E-state index contributed by atoms with van der Waals surface area (Å²) in [5.41, 5.74) is 5.34. The molecule has 0 radical (unpaired) electrons. The summed E-state index contributed by atoms with van der Waals surface area (Å²) >= 11 is 1.61. The van der Waals surface area contributed by atoms with Gasteiger partial charge in [-0.05, 0) is 0 Å². The molecule has 0 saturated carbocycles. The lowest BCUT2D eigenvalue weighted by Gasteiger charge is -2.17. The fraction of sp³-hybridized carbons (Fsp3) is 0.800. The third-order valence-electron chi connectivity index (χ3n) is 1.50. The van der Waals surface area contributed by atoms with Crippen molar-refractivity contribution in [3.63, 3.8) is 0 Å². The summed E-state index contributed by atoms with van der Waals surface area (Å²) in [5.74, 6) is 1.40. The van der Waals surface area contributed by atoms with Crippen LogP contribution in [-0.4, -0.2) is 40.3 Å². The highest BCUT2D eigenvalue weighted by Gasteiger charge is 2.27. The Kier molecular flexibility index (Phi) is 2.39. The molecule has 0 spiro atoms. The van der Waals surface area contributed by atoms with E-state index in [1.165, 1.54) is 4.90 Å². The molecule has 10 heavy (non-hydrogen) atoms. The minimum atomic E-state index is -0.861. The second-order valence-corrected chi connectivity index (χ2v) is 3.14. The first-order chi connectivity index (χ1) is 4.75. The molecule has 0 bridgehead atoms. The zero-order valence-corrected chi connectivity index (χ0v) is 6.30. The maximum Gasteiger partial charge on any atom is 0.408 e. The first kappa shape index (κ1) is 7.68. The number of thioether (sulfide) groups is 1. The Morgan fingerprint density at radius 3 is 3.00 bits per heavy atom. The van der Waals surface area contributed by atoms with Crippen LogP contribution in [0, 0.1) is 0 Å². The number of nitrogens with two attached hydrogens (primary N) is 1. The summed E-state index contributed by atoms with van der Waals surface area (Å²) in [5, 5.41) is 8.57. The lowest BCUT2D eigenvalue weighted by atomic mass is 10.3. The van der Waals surface area contributed by atoms with E-state index >= 15 is 0 Å². The van der Waals surface area contributed by atoms with Gasteiger partial charge in [0.2, 0.25) is 0 Å². The third-order valence-corrected chi connectivity index (χ3v) is 2.58. The Morgan fingerprint density at radius 2 is 2.60 bits per heavy atom. The van der Waals surface area contributed by atoms with Gasteiger partial charge in [0.1, 0.15) is 0 Å². The van der Waals surface area contributed by atoms with Gasteiger partial charge >= 0.3 is 6.09 Å². The largest absolute Gasteiger partial charge is 0.465 e. The SMILES string of the molecule is NC[C@@H]1CSCN1C(=O)O. The normalized spacial score (nSPS) is 25.3. The molecule has 1 heterocycles. The third kappa shape index (κ3) is 1.35. The molecule has 1 aliphatic rings. The van der Waals surface area contributed by atoms with E-state index in [9.17, 15) is 4.79 Å². The van der Waals surface area contributed by atoms with Gasteiger partial charge in [0.15, 0.2) is 0 Å². The monoisotopic (exact) mass is 162 g/mol. The standard InChI is InChI=1S/C5H10N2O2S/c6-1-4-2-10-3-7(4)5(8)9/h4H,1-3,6H2,(H,8,9)/t4-/m1/s1. The molecule has 1 rings (SSSR count). The van der Waals surface area contributed by atoms with Crippen LogP contribution in [-0.2, 0) is 0 Å². The maximum atomic E-state index is 10.4. The summed E-state index contributed by atoms with van der Waals surface area (Å²) in [6, 6.07) is 0.0301. The molecule has 0 aromatic rings. The number of amides is 1. The summed E-state index contributed by atoms with van der Waals surface area (Å²) in [4.78, 5) is 11.8. The molecule has 5 heteroatoms. The van der Waals surface area contributed by atoms with Gasteiger partial charge < -0.3 is 10.8 Å². The zero-order chi connectivity index (χ0) is 7.56. The minimum absolute atomic E-state index is 0.0301. The first-order valence-corrected chi connectivity index (χ1v) is 4.18. The van der Waals surface area contributed by atoms with Gasteiger partial charge in [-0.2, -0.15) is 0 Å². The number of carboxylic acid groups (broad SMARTS) is 1. The molecule has 0 aliphatic carbocycles. The van der Waals surface area contributed by atoms with Crippen molar-refractivity contribution in [1.82, 2.24) is 4.90 Å². The van der Waals surface area contributed by atoms with E-state index in [-0.39, 0.29) is 6.04 Å². The molecular formula is C5H10N2O2S. The Labute approximate surface area is 63.4 Å². The number of hydrogen-bond donors (Lipinski definition) is 2. The van der Waals surface area contributed by atoms with Gasteiger partial charge in [0.25, 0.3) is 0 Å². The minimum Gasteiger partial charge on any atom is -0.465 e. The zero-order valence-electron chi connectivity index (χ0n) is 5.49. The highest BCUT2D eigenvalue weighted by Crippen LogP contribution is 2.19. The van der Waals surface area contributed by atoms with Crippen LogP contribution < -0.4 is 5.73 Å². The quantitative estimate of drug-likeness (QED) is 0.569. The number of carbonyl (C=O) groups is 1. The highest BCUT2D eigenvalue weighted by molar-refractivity contribution is 7.99. The number of nitrogens with zero attached hydrogens (tertiary/aromatic N) is 1. The van der Waals surface area contributed by atoms with Crippen molar-refractivity contribution >= 4 is 17.9 Å². The molecule has 3 N–H and O–H groups in total. The van der Waals surface area contributed by atoms with Crippen molar-refractivity contribution in [2.45, 2.75) is 6.04 Å². The van der Waals surface area contributed by atoms with Crippen molar-refractivity contribution in [3.8, 4) is 0 Å². The van der Waals surface area contributed by atoms with Crippen LogP contribution in [0.25, 0.3) is 0 Å². The summed E-state index contributed by atoms with van der Waals surface area (Å²) in [6.07, 6.45) is -0.861. The topological polar surface area (TPSA) is 66.6 Å². The van der Waals surface area contributed by atoms with Crippen molar-refractivity contribution in [1.29, 1.82) is 0 Å². The van der Waals surface area contributed by atoms with Crippen LogP contribution in [0.4, 0.5) is 4.79 Å². The van der Waals surface area contributed by atoms with Crippen LogP contribution >= 0.6 is 11.8 Å². The smallest absolute Gasteiger partial charge is 0.408 e. The van der Waals surface area contributed by atoms with Gasteiger partial charge in [-0.1, -0.05) is 0 Å². The van der Waals surface area contributed by atoms with E-state index in [0.717, 1.165) is 5.75 Å². The number of rotatable bonds is 1. The average Bonchev–Trinajstić information content (AvgIpc) is 2.33. The van der Waals surface area contributed by atoms with Gasteiger partial charge in [-0.25, -0.2) is 4.79 Å².